The quantitative estimate of drug-likeness (QED) is 0.239. The summed E-state index contributed by atoms with van der Waals surface area (Å²) in [5, 5.41) is 5.20. The number of nitrogens with zero attached hydrogens (tertiary/aromatic N) is 1. The summed E-state index contributed by atoms with van der Waals surface area (Å²) >= 11 is 12.7. The minimum absolute atomic E-state index is 0.0233. The van der Waals surface area contributed by atoms with E-state index in [4.69, 9.17) is 32.7 Å². The predicted molar refractivity (Wildman–Crippen MR) is 154 cm³/mol. The number of ether oxygens (including phenoxy) is 2. The molecule has 3 aromatic carbocycles. The van der Waals surface area contributed by atoms with E-state index >= 15 is 0 Å². The van der Waals surface area contributed by atoms with E-state index in [-0.39, 0.29) is 23.8 Å². The zero-order valence-electron chi connectivity index (χ0n) is 21.7. The second-order valence-corrected chi connectivity index (χ2v) is 11.0. The number of benzene rings is 3. The van der Waals surface area contributed by atoms with Gasteiger partial charge in [-0.2, -0.15) is 0 Å². The number of carbonyl (C=O) groups excluding carboxylic acids is 1. The van der Waals surface area contributed by atoms with E-state index < -0.39 is 0 Å². The lowest BCUT2D eigenvalue weighted by molar-refractivity contribution is -0.122. The summed E-state index contributed by atoms with van der Waals surface area (Å²) in [6.07, 6.45) is 4.41. The topological polar surface area (TPSA) is 52.5 Å². The Hall–Kier alpha value is -2.99. The number of aromatic nitrogens is 1. The van der Waals surface area contributed by atoms with Gasteiger partial charge in [0.15, 0.2) is 0 Å². The van der Waals surface area contributed by atoms with Crippen LogP contribution in [0.2, 0.25) is 10.0 Å². The molecule has 7 heteroatoms. The summed E-state index contributed by atoms with van der Waals surface area (Å²) in [6, 6.07) is 22.0. The van der Waals surface area contributed by atoms with E-state index in [2.05, 4.69) is 47.3 Å². The molecule has 1 amide bonds. The molecular formula is C31H32Cl2N2O3. The second-order valence-electron chi connectivity index (χ2n) is 10.2. The lowest BCUT2D eigenvalue weighted by Gasteiger charge is -2.24. The monoisotopic (exact) mass is 550 g/mol. The van der Waals surface area contributed by atoms with Crippen molar-refractivity contribution in [3.05, 3.63) is 99.7 Å². The Labute approximate surface area is 233 Å². The van der Waals surface area contributed by atoms with Crippen LogP contribution in [0.1, 0.15) is 48.8 Å². The number of halogens is 2. The Bertz CT molecular complexity index is 1430. The minimum atomic E-state index is -0.302. The molecule has 198 valence electrons. The Morgan fingerprint density at radius 1 is 1.11 bits per heavy atom. The van der Waals surface area contributed by atoms with Gasteiger partial charge in [0, 0.05) is 49.1 Å². The highest BCUT2D eigenvalue weighted by molar-refractivity contribution is 6.42. The van der Waals surface area contributed by atoms with Gasteiger partial charge in [-0.1, -0.05) is 59.6 Å². The standard InChI is InChI=1S/C31H32Cl2N2O3/c1-31(14-5-15-38-31)20-34-30(36)17-25(22-10-13-27(32)28(33)16-22)26-19-35(29-7-4-3-6-24(26)29)18-21-8-11-23(37-2)12-9-21/h3-4,6-13,16,19,25H,5,14-15,17-18,20H2,1-2H3,(H,34,36)/t25-,31+/m1/s1. The summed E-state index contributed by atoms with van der Waals surface area (Å²) in [7, 11) is 1.67. The molecule has 2 atom stereocenters. The third-order valence-electron chi connectivity index (χ3n) is 7.40. The average molecular weight is 552 g/mol. The number of hydrogen-bond donors (Lipinski definition) is 1. The molecule has 1 fully saturated rings. The van der Waals surface area contributed by atoms with Crippen molar-refractivity contribution in [2.75, 3.05) is 20.3 Å². The maximum absolute atomic E-state index is 13.3. The molecule has 1 N–H and O–H groups in total. The molecule has 0 radical (unpaired) electrons. The number of amides is 1. The van der Waals surface area contributed by atoms with Gasteiger partial charge in [-0.3, -0.25) is 4.79 Å². The molecule has 1 aliphatic rings. The molecule has 1 saturated heterocycles. The van der Waals surface area contributed by atoms with Gasteiger partial charge in [0.25, 0.3) is 0 Å². The SMILES string of the molecule is COc1ccc(Cn2cc([C@H](CC(=O)NC[C@]3(C)CCCO3)c3ccc(Cl)c(Cl)c3)c3ccccc32)cc1. The minimum Gasteiger partial charge on any atom is -0.497 e. The Kier molecular flexibility index (Phi) is 7.98. The van der Waals surface area contributed by atoms with Gasteiger partial charge in [-0.25, -0.2) is 0 Å². The van der Waals surface area contributed by atoms with Crippen LogP contribution in [-0.2, 0) is 16.1 Å². The van der Waals surface area contributed by atoms with Gasteiger partial charge in [-0.15, -0.1) is 0 Å². The molecule has 5 rings (SSSR count). The fourth-order valence-corrected chi connectivity index (χ4v) is 5.57. The molecule has 0 unspecified atom stereocenters. The average Bonchev–Trinajstić information content (AvgIpc) is 3.52. The van der Waals surface area contributed by atoms with E-state index in [1.165, 1.54) is 0 Å². The lowest BCUT2D eigenvalue weighted by atomic mass is 9.88. The maximum atomic E-state index is 13.3. The van der Waals surface area contributed by atoms with Gasteiger partial charge < -0.3 is 19.4 Å². The Balaban J connectivity index is 1.49. The van der Waals surface area contributed by atoms with Crippen molar-refractivity contribution in [3.63, 3.8) is 0 Å². The molecule has 0 saturated carbocycles. The van der Waals surface area contributed by atoms with E-state index in [9.17, 15) is 4.79 Å². The number of carbonyl (C=O) groups is 1. The van der Waals surface area contributed by atoms with Gasteiger partial charge in [0.2, 0.25) is 5.91 Å². The van der Waals surface area contributed by atoms with Gasteiger partial charge in [0.05, 0.1) is 22.8 Å². The van der Waals surface area contributed by atoms with Crippen LogP contribution in [0.4, 0.5) is 0 Å². The third kappa shape index (κ3) is 5.85. The molecule has 1 aromatic heterocycles. The third-order valence-corrected chi connectivity index (χ3v) is 8.14. The first-order chi connectivity index (χ1) is 18.3. The number of nitrogens with one attached hydrogen (secondary N) is 1. The number of hydrogen-bond acceptors (Lipinski definition) is 3. The van der Waals surface area contributed by atoms with Crippen LogP contribution in [0, 0.1) is 0 Å². The van der Waals surface area contributed by atoms with Crippen LogP contribution in [0.3, 0.4) is 0 Å². The number of fused-ring (bicyclic) bond motifs is 1. The molecule has 4 aromatic rings. The molecule has 0 aliphatic carbocycles. The van der Waals surface area contributed by atoms with Crippen LogP contribution in [0.15, 0.2) is 72.9 Å². The first kappa shape index (κ1) is 26.6. The van der Waals surface area contributed by atoms with E-state index in [0.29, 0.717) is 23.1 Å². The molecular weight excluding hydrogens is 519 g/mol. The molecule has 5 nitrogen and oxygen atoms in total. The summed E-state index contributed by atoms with van der Waals surface area (Å²) in [5.41, 5.74) is 3.99. The summed E-state index contributed by atoms with van der Waals surface area (Å²) < 4.78 is 13.4. The van der Waals surface area contributed by atoms with Crippen LogP contribution in [0.5, 0.6) is 5.75 Å². The highest BCUT2D eigenvalue weighted by atomic mass is 35.5. The highest BCUT2D eigenvalue weighted by Gasteiger charge is 2.31. The zero-order valence-corrected chi connectivity index (χ0v) is 23.2. The van der Waals surface area contributed by atoms with Gasteiger partial charge >= 0.3 is 0 Å². The number of rotatable bonds is 9. The molecule has 2 heterocycles. The summed E-state index contributed by atoms with van der Waals surface area (Å²) in [5.74, 6) is 0.600. The lowest BCUT2D eigenvalue weighted by Crippen LogP contribution is -2.40. The van der Waals surface area contributed by atoms with Crippen molar-refractivity contribution < 1.29 is 14.3 Å². The first-order valence-electron chi connectivity index (χ1n) is 12.9. The first-order valence-corrected chi connectivity index (χ1v) is 13.7. The highest BCUT2D eigenvalue weighted by Crippen LogP contribution is 2.37. The zero-order chi connectivity index (χ0) is 26.7. The van der Waals surface area contributed by atoms with E-state index in [0.717, 1.165) is 52.8 Å². The Morgan fingerprint density at radius 2 is 1.89 bits per heavy atom. The fourth-order valence-electron chi connectivity index (χ4n) is 5.27. The van der Waals surface area contributed by atoms with Gasteiger partial charge in [-0.05, 0) is 66.8 Å². The van der Waals surface area contributed by atoms with Crippen molar-refractivity contribution in [3.8, 4) is 5.75 Å². The van der Waals surface area contributed by atoms with Crippen molar-refractivity contribution in [1.82, 2.24) is 9.88 Å². The molecule has 1 aliphatic heterocycles. The number of para-hydroxylation sites is 1. The van der Waals surface area contributed by atoms with Crippen LogP contribution in [0.25, 0.3) is 10.9 Å². The normalized spacial score (nSPS) is 18.0. The van der Waals surface area contributed by atoms with Crippen molar-refractivity contribution in [1.29, 1.82) is 0 Å². The molecule has 0 spiro atoms. The van der Waals surface area contributed by atoms with Crippen molar-refractivity contribution in [2.45, 2.75) is 44.2 Å². The Morgan fingerprint density at radius 3 is 2.61 bits per heavy atom. The fraction of sp³-hybridized carbons (Fsp3) is 0.323. The van der Waals surface area contributed by atoms with Crippen LogP contribution >= 0.6 is 23.2 Å². The largest absolute Gasteiger partial charge is 0.497 e. The maximum Gasteiger partial charge on any atom is 0.221 e. The van der Waals surface area contributed by atoms with E-state index in [1.807, 2.05) is 36.4 Å². The van der Waals surface area contributed by atoms with Crippen LogP contribution in [-0.4, -0.2) is 36.3 Å². The van der Waals surface area contributed by atoms with Gasteiger partial charge in [0.1, 0.15) is 5.75 Å². The van der Waals surface area contributed by atoms with E-state index in [1.54, 1.807) is 13.2 Å². The molecule has 38 heavy (non-hydrogen) atoms. The number of methoxy groups -OCH3 is 1. The predicted octanol–water partition coefficient (Wildman–Crippen LogP) is 7.21. The smallest absolute Gasteiger partial charge is 0.221 e. The summed E-state index contributed by atoms with van der Waals surface area (Å²) in [4.78, 5) is 13.3. The molecule has 0 bridgehead atoms. The van der Waals surface area contributed by atoms with Crippen molar-refractivity contribution >= 4 is 40.0 Å². The van der Waals surface area contributed by atoms with Crippen molar-refractivity contribution in [2.24, 2.45) is 0 Å². The second kappa shape index (κ2) is 11.4. The van der Waals surface area contributed by atoms with Crippen LogP contribution < -0.4 is 10.1 Å². The summed E-state index contributed by atoms with van der Waals surface area (Å²) in [6.45, 7) is 4.00.